The molecule has 0 aliphatic heterocycles. The van der Waals surface area contributed by atoms with Crippen molar-refractivity contribution in [2.45, 2.75) is 13.5 Å². The monoisotopic (exact) mass is 408 g/mol. The molecule has 0 radical (unpaired) electrons. The van der Waals surface area contributed by atoms with Crippen LogP contribution in [0, 0.1) is 12.7 Å². The minimum Gasteiger partial charge on any atom is -0.489 e. The van der Waals surface area contributed by atoms with E-state index < -0.39 is 0 Å². The predicted molar refractivity (Wildman–Crippen MR) is 112 cm³/mol. The lowest BCUT2D eigenvalue weighted by Crippen LogP contribution is -2.02. The van der Waals surface area contributed by atoms with Crippen LogP contribution in [0.2, 0.25) is 0 Å². The minimum atomic E-state index is -0.281. The molecule has 154 valence electrons. The number of halogens is 1. The first kappa shape index (κ1) is 19.7. The lowest BCUT2D eigenvalue weighted by atomic mass is 10.2. The third-order valence-corrected chi connectivity index (χ3v) is 4.51. The molecule has 3 N–H and O–H groups in total. The zero-order chi connectivity index (χ0) is 20.9. The normalized spacial score (nSPS) is 10.9. The smallest absolute Gasteiger partial charge is 0.242 e. The third-order valence-electron chi connectivity index (χ3n) is 4.51. The number of aromatic nitrogens is 3. The second-order valence-electron chi connectivity index (χ2n) is 6.73. The zero-order valence-electron chi connectivity index (χ0n) is 16.4. The number of aliphatic hydroxyl groups is 1. The molecule has 2 heterocycles. The Kier molecular flexibility index (Phi) is 5.76. The topological polar surface area (TPSA) is 92.3 Å². The van der Waals surface area contributed by atoms with Crippen molar-refractivity contribution in [1.29, 1.82) is 0 Å². The molecule has 4 rings (SSSR count). The predicted octanol–water partition coefficient (Wildman–Crippen LogP) is 4.10. The second kappa shape index (κ2) is 8.79. The van der Waals surface area contributed by atoms with Crippen molar-refractivity contribution >= 4 is 22.3 Å². The van der Waals surface area contributed by atoms with Gasteiger partial charge in [-0.05, 0) is 48.4 Å². The highest BCUT2D eigenvalue weighted by atomic mass is 19.1. The van der Waals surface area contributed by atoms with Gasteiger partial charge in [0.25, 0.3) is 0 Å². The number of pyridine rings is 1. The van der Waals surface area contributed by atoms with Crippen LogP contribution in [0.1, 0.15) is 11.1 Å². The summed E-state index contributed by atoms with van der Waals surface area (Å²) in [6.45, 7) is 2.28. The van der Waals surface area contributed by atoms with Gasteiger partial charge in [0.2, 0.25) is 5.88 Å². The van der Waals surface area contributed by atoms with Crippen LogP contribution in [-0.2, 0) is 6.61 Å². The average molecular weight is 408 g/mol. The molecule has 0 spiro atoms. The molecule has 2 aromatic carbocycles. The van der Waals surface area contributed by atoms with Crippen LogP contribution in [-0.4, -0.2) is 33.5 Å². The van der Waals surface area contributed by atoms with E-state index in [1.165, 1.54) is 12.1 Å². The summed E-state index contributed by atoms with van der Waals surface area (Å²) in [5.41, 5.74) is 3.99. The van der Waals surface area contributed by atoms with Gasteiger partial charge in [0.1, 0.15) is 24.8 Å². The largest absolute Gasteiger partial charge is 0.489 e. The molecule has 0 amide bonds. The first-order valence-corrected chi connectivity index (χ1v) is 9.44. The summed E-state index contributed by atoms with van der Waals surface area (Å²) in [5.74, 6) is 0.837. The molecule has 0 unspecified atom stereocenters. The van der Waals surface area contributed by atoms with Crippen LogP contribution in [0.5, 0.6) is 11.6 Å². The number of rotatable bonds is 8. The maximum absolute atomic E-state index is 13.3. The minimum absolute atomic E-state index is 0.0987. The quantitative estimate of drug-likeness (QED) is 0.407. The molecule has 0 fully saturated rings. The third kappa shape index (κ3) is 4.33. The van der Waals surface area contributed by atoms with Gasteiger partial charge in [-0.25, -0.2) is 4.39 Å². The Labute approximate surface area is 172 Å². The Bertz CT molecular complexity index is 1160. The number of benzene rings is 2. The zero-order valence-corrected chi connectivity index (χ0v) is 16.4. The van der Waals surface area contributed by atoms with E-state index in [1.807, 2.05) is 31.2 Å². The number of aryl methyl sites for hydroxylation is 1. The molecule has 2 aromatic heterocycles. The Morgan fingerprint density at radius 1 is 1.13 bits per heavy atom. The number of aromatic amines is 1. The number of nitrogens with zero attached hydrogens (tertiary/aromatic N) is 2. The van der Waals surface area contributed by atoms with Crippen LogP contribution in [0.15, 0.2) is 54.9 Å². The summed E-state index contributed by atoms with van der Waals surface area (Å²) in [7, 11) is 0. The number of hydrogen-bond donors (Lipinski definition) is 3. The van der Waals surface area contributed by atoms with Crippen LogP contribution in [0.3, 0.4) is 0 Å². The molecule has 0 saturated heterocycles. The van der Waals surface area contributed by atoms with Gasteiger partial charge >= 0.3 is 0 Å². The summed E-state index contributed by atoms with van der Waals surface area (Å²) in [6.07, 6.45) is 3.35. The van der Waals surface area contributed by atoms with Gasteiger partial charge in [-0.3, -0.25) is 10.1 Å². The number of ether oxygens (including phenoxy) is 2. The molecule has 4 aromatic rings. The van der Waals surface area contributed by atoms with E-state index in [4.69, 9.17) is 14.6 Å². The maximum Gasteiger partial charge on any atom is 0.242 e. The first-order chi connectivity index (χ1) is 14.6. The van der Waals surface area contributed by atoms with Gasteiger partial charge in [-0.15, -0.1) is 5.10 Å². The molecule has 0 aliphatic carbocycles. The highest BCUT2D eigenvalue weighted by Crippen LogP contribution is 2.32. The van der Waals surface area contributed by atoms with Crippen molar-refractivity contribution in [2.24, 2.45) is 0 Å². The van der Waals surface area contributed by atoms with E-state index in [0.29, 0.717) is 5.88 Å². The average Bonchev–Trinajstić information content (AvgIpc) is 3.16. The molecule has 8 heteroatoms. The summed E-state index contributed by atoms with van der Waals surface area (Å²) >= 11 is 0. The summed E-state index contributed by atoms with van der Waals surface area (Å²) in [5, 5.41) is 20.1. The van der Waals surface area contributed by atoms with E-state index >= 15 is 0 Å². The Morgan fingerprint density at radius 2 is 2.03 bits per heavy atom. The molecule has 0 atom stereocenters. The number of fused-ring (bicyclic) bond motifs is 1. The van der Waals surface area contributed by atoms with Crippen molar-refractivity contribution < 1.29 is 19.0 Å². The van der Waals surface area contributed by atoms with Crippen molar-refractivity contribution in [1.82, 2.24) is 15.2 Å². The van der Waals surface area contributed by atoms with Gasteiger partial charge in [-0.1, -0.05) is 12.1 Å². The highest BCUT2D eigenvalue weighted by Gasteiger charge is 2.13. The standard InChI is InChI=1S/C22H21FN4O3/c1-14-9-17(5-6-20(14)30-13-15-3-2-4-16(23)10-15)25-18-11-24-12-19-21(18)22(27-26-19)29-8-7-28/h2-6,9-12,25,28H,7-8,13H2,1H3,(H,26,27). The first-order valence-electron chi connectivity index (χ1n) is 9.44. The van der Waals surface area contributed by atoms with E-state index in [9.17, 15) is 4.39 Å². The van der Waals surface area contributed by atoms with E-state index in [1.54, 1.807) is 18.5 Å². The molecular formula is C22H21FN4O3. The fraction of sp³-hybridized carbons (Fsp3) is 0.182. The number of hydrogen-bond acceptors (Lipinski definition) is 6. The fourth-order valence-corrected chi connectivity index (χ4v) is 3.12. The van der Waals surface area contributed by atoms with Gasteiger partial charge in [0.15, 0.2) is 0 Å². The van der Waals surface area contributed by atoms with Crippen molar-refractivity contribution in [3.8, 4) is 11.6 Å². The van der Waals surface area contributed by atoms with Gasteiger partial charge < -0.3 is 19.9 Å². The van der Waals surface area contributed by atoms with E-state index in [2.05, 4.69) is 20.5 Å². The number of aliphatic hydroxyl groups excluding tert-OH is 1. The number of nitrogens with one attached hydrogen (secondary N) is 2. The van der Waals surface area contributed by atoms with Gasteiger partial charge in [-0.2, -0.15) is 0 Å². The van der Waals surface area contributed by atoms with Crippen LogP contribution < -0.4 is 14.8 Å². The van der Waals surface area contributed by atoms with Gasteiger partial charge in [0, 0.05) is 5.69 Å². The molecule has 7 nitrogen and oxygen atoms in total. The SMILES string of the molecule is Cc1cc(Nc2cncc3[nH]nc(OCCO)c23)ccc1OCc1cccc(F)c1. The Hall–Kier alpha value is -3.65. The van der Waals surface area contributed by atoms with E-state index in [-0.39, 0.29) is 25.6 Å². The van der Waals surface area contributed by atoms with Crippen LogP contribution in [0.4, 0.5) is 15.8 Å². The Morgan fingerprint density at radius 3 is 2.83 bits per heavy atom. The lowest BCUT2D eigenvalue weighted by molar-refractivity contribution is 0.198. The summed E-state index contributed by atoms with van der Waals surface area (Å²) < 4.78 is 24.7. The molecule has 0 bridgehead atoms. The summed E-state index contributed by atoms with van der Waals surface area (Å²) in [4.78, 5) is 4.22. The van der Waals surface area contributed by atoms with Crippen molar-refractivity contribution in [3.63, 3.8) is 0 Å². The van der Waals surface area contributed by atoms with E-state index in [0.717, 1.165) is 39.2 Å². The highest BCUT2D eigenvalue weighted by molar-refractivity contribution is 5.96. The fourth-order valence-electron chi connectivity index (χ4n) is 3.12. The van der Waals surface area contributed by atoms with Gasteiger partial charge in [0.05, 0.1) is 35.6 Å². The van der Waals surface area contributed by atoms with Crippen molar-refractivity contribution in [3.05, 3.63) is 71.8 Å². The van der Waals surface area contributed by atoms with Crippen LogP contribution >= 0.6 is 0 Å². The lowest BCUT2D eigenvalue weighted by Gasteiger charge is -2.13. The van der Waals surface area contributed by atoms with Crippen LogP contribution in [0.25, 0.3) is 10.9 Å². The summed E-state index contributed by atoms with van der Waals surface area (Å²) in [6, 6.07) is 12.1. The number of H-pyrrole nitrogens is 1. The number of anilines is 2. The molecule has 0 aliphatic rings. The molecular weight excluding hydrogens is 387 g/mol. The Balaban J connectivity index is 1.52. The maximum atomic E-state index is 13.3. The van der Waals surface area contributed by atoms with Crippen molar-refractivity contribution in [2.75, 3.05) is 18.5 Å². The second-order valence-corrected chi connectivity index (χ2v) is 6.73. The molecule has 30 heavy (non-hydrogen) atoms. The molecule has 0 saturated carbocycles.